The summed E-state index contributed by atoms with van der Waals surface area (Å²) >= 11 is 7.75. The smallest absolute Gasteiger partial charge is 0.240 e. The van der Waals surface area contributed by atoms with E-state index in [1.54, 1.807) is 13.2 Å². The van der Waals surface area contributed by atoms with Crippen molar-refractivity contribution in [3.63, 3.8) is 0 Å². The van der Waals surface area contributed by atoms with Gasteiger partial charge >= 0.3 is 0 Å². The van der Waals surface area contributed by atoms with Crippen molar-refractivity contribution in [3.05, 3.63) is 58.9 Å². The molecule has 1 aromatic heterocycles. The highest BCUT2D eigenvalue weighted by Crippen LogP contribution is 2.39. The van der Waals surface area contributed by atoms with Crippen LogP contribution in [-0.2, 0) is 11.2 Å². The Kier molecular flexibility index (Phi) is 6.76. The number of rotatable bonds is 7. The molecular formula is C22H24ClN5O3S. The molecule has 2 atom stereocenters. The monoisotopic (exact) mass is 473 g/mol. The average Bonchev–Trinajstić information content (AvgIpc) is 3.21. The summed E-state index contributed by atoms with van der Waals surface area (Å²) in [6.07, 6.45) is 0.708. The van der Waals surface area contributed by atoms with Crippen LogP contribution in [0.15, 0.2) is 47.6 Å². The first-order valence-electron chi connectivity index (χ1n) is 10.3. The number of amides is 1. The van der Waals surface area contributed by atoms with Crippen molar-refractivity contribution >= 4 is 35.0 Å². The van der Waals surface area contributed by atoms with E-state index < -0.39 is 5.25 Å². The van der Waals surface area contributed by atoms with Gasteiger partial charge in [0.2, 0.25) is 11.1 Å². The molecule has 2 aromatic carbocycles. The van der Waals surface area contributed by atoms with E-state index in [-0.39, 0.29) is 11.9 Å². The Morgan fingerprint density at radius 1 is 1.22 bits per heavy atom. The van der Waals surface area contributed by atoms with E-state index in [0.717, 1.165) is 17.1 Å². The van der Waals surface area contributed by atoms with Crippen LogP contribution in [-0.4, -0.2) is 39.7 Å². The fraction of sp³-hybridized carbons (Fsp3) is 0.318. The maximum absolute atomic E-state index is 13.3. The van der Waals surface area contributed by atoms with Gasteiger partial charge in [-0.2, -0.15) is 0 Å². The fourth-order valence-electron chi connectivity index (χ4n) is 3.47. The average molecular weight is 474 g/mol. The van der Waals surface area contributed by atoms with Gasteiger partial charge in [-0.05, 0) is 48.9 Å². The van der Waals surface area contributed by atoms with Gasteiger partial charge < -0.3 is 20.2 Å². The van der Waals surface area contributed by atoms with Gasteiger partial charge in [-0.3, -0.25) is 4.79 Å². The van der Waals surface area contributed by atoms with Crippen LogP contribution >= 0.6 is 23.4 Å². The molecule has 4 rings (SSSR count). The molecule has 168 valence electrons. The maximum Gasteiger partial charge on any atom is 0.240 e. The van der Waals surface area contributed by atoms with E-state index in [2.05, 4.69) is 20.9 Å². The third-order valence-corrected chi connectivity index (χ3v) is 6.56. The highest BCUT2D eigenvalue weighted by Gasteiger charge is 2.38. The van der Waals surface area contributed by atoms with Crippen molar-refractivity contribution in [2.75, 3.05) is 24.5 Å². The molecule has 3 aromatic rings. The number of ether oxygens (including phenoxy) is 2. The lowest BCUT2D eigenvalue weighted by Crippen LogP contribution is -2.41. The molecule has 0 saturated carbocycles. The standard InChI is InChI=1S/C22H24ClN5O3S/c1-4-18-25-26-22-28(18)27-19(13-6-11-17(30-3)16(23)12-13)20(32-22)21(29)24-14-7-9-15(10-8-14)31-5-2/h6-12,19-20,27H,4-5H2,1-3H3,(H,24,29)/t19-,20-/m0/s1. The second-order valence-electron chi connectivity index (χ2n) is 7.07. The minimum absolute atomic E-state index is 0.157. The number of thioether (sulfide) groups is 1. The van der Waals surface area contributed by atoms with Gasteiger partial charge in [0.1, 0.15) is 16.7 Å². The zero-order valence-corrected chi connectivity index (χ0v) is 19.5. The summed E-state index contributed by atoms with van der Waals surface area (Å²) in [5.41, 5.74) is 4.96. The Morgan fingerprint density at radius 3 is 2.66 bits per heavy atom. The van der Waals surface area contributed by atoms with Crippen LogP contribution < -0.4 is 20.2 Å². The van der Waals surface area contributed by atoms with Crippen LogP contribution in [0.25, 0.3) is 0 Å². The number of anilines is 1. The molecule has 1 aliphatic rings. The summed E-state index contributed by atoms with van der Waals surface area (Å²) in [6.45, 7) is 4.52. The number of benzene rings is 2. The van der Waals surface area contributed by atoms with Crippen molar-refractivity contribution in [1.82, 2.24) is 14.9 Å². The minimum atomic E-state index is -0.507. The lowest BCUT2D eigenvalue weighted by atomic mass is 10.0. The van der Waals surface area contributed by atoms with Crippen LogP contribution in [0.3, 0.4) is 0 Å². The van der Waals surface area contributed by atoms with Crippen molar-refractivity contribution in [3.8, 4) is 11.5 Å². The van der Waals surface area contributed by atoms with E-state index >= 15 is 0 Å². The molecule has 0 unspecified atom stereocenters. The molecule has 1 amide bonds. The summed E-state index contributed by atoms with van der Waals surface area (Å²) < 4.78 is 12.6. The molecule has 32 heavy (non-hydrogen) atoms. The van der Waals surface area contributed by atoms with Gasteiger partial charge in [0.15, 0.2) is 5.82 Å². The Hall–Kier alpha value is -2.91. The van der Waals surface area contributed by atoms with Crippen LogP contribution in [0, 0.1) is 0 Å². The number of fused-ring (bicyclic) bond motifs is 1. The first-order valence-corrected chi connectivity index (χ1v) is 11.5. The van der Waals surface area contributed by atoms with Crippen molar-refractivity contribution in [2.45, 2.75) is 36.7 Å². The number of hydrogen-bond acceptors (Lipinski definition) is 7. The van der Waals surface area contributed by atoms with Crippen LogP contribution in [0.2, 0.25) is 5.02 Å². The number of carbonyl (C=O) groups is 1. The molecule has 2 heterocycles. The number of nitrogens with one attached hydrogen (secondary N) is 2. The van der Waals surface area contributed by atoms with Crippen molar-refractivity contribution < 1.29 is 14.3 Å². The van der Waals surface area contributed by atoms with Gasteiger partial charge in [0, 0.05) is 12.1 Å². The van der Waals surface area contributed by atoms with Crippen LogP contribution in [0.1, 0.15) is 31.3 Å². The molecule has 8 nitrogen and oxygen atoms in total. The zero-order chi connectivity index (χ0) is 22.7. The molecule has 0 saturated heterocycles. The lowest BCUT2D eigenvalue weighted by Gasteiger charge is -2.33. The van der Waals surface area contributed by atoms with Crippen molar-refractivity contribution in [2.24, 2.45) is 0 Å². The SMILES string of the molecule is CCOc1ccc(NC(=O)[C@H]2Sc3nnc(CC)n3N[C@H]2c2ccc(OC)c(Cl)c2)cc1. The second-order valence-corrected chi connectivity index (χ2v) is 8.59. The normalized spacial score (nSPS) is 17.2. The van der Waals surface area contributed by atoms with Gasteiger partial charge in [-0.1, -0.05) is 36.4 Å². The Labute approximate surface area is 195 Å². The lowest BCUT2D eigenvalue weighted by molar-refractivity contribution is -0.116. The molecule has 0 fully saturated rings. The molecule has 1 aliphatic heterocycles. The third kappa shape index (κ3) is 4.49. The quantitative estimate of drug-likeness (QED) is 0.528. The molecule has 0 spiro atoms. The minimum Gasteiger partial charge on any atom is -0.495 e. The Balaban J connectivity index is 1.63. The van der Waals surface area contributed by atoms with E-state index in [1.807, 2.05) is 54.9 Å². The van der Waals surface area contributed by atoms with Gasteiger partial charge in [0.05, 0.1) is 24.8 Å². The molecule has 10 heteroatoms. The van der Waals surface area contributed by atoms with E-state index in [0.29, 0.717) is 34.6 Å². The predicted octanol–water partition coefficient (Wildman–Crippen LogP) is 4.30. The van der Waals surface area contributed by atoms with Crippen molar-refractivity contribution in [1.29, 1.82) is 0 Å². The van der Waals surface area contributed by atoms with E-state index in [9.17, 15) is 4.79 Å². The first kappa shape index (κ1) is 22.3. The van der Waals surface area contributed by atoms with E-state index in [1.165, 1.54) is 11.8 Å². The Bertz CT molecular complexity index is 1110. The number of aromatic nitrogens is 3. The number of halogens is 1. The summed E-state index contributed by atoms with van der Waals surface area (Å²) in [5, 5.41) is 12.1. The van der Waals surface area contributed by atoms with Gasteiger partial charge in [-0.15, -0.1) is 10.2 Å². The largest absolute Gasteiger partial charge is 0.495 e. The highest BCUT2D eigenvalue weighted by molar-refractivity contribution is 8.00. The number of methoxy groups -OCH3 is 1. The number of nitrogens with zero attached hydrogens (tertiary/aromatic N) is 3. The predicted molar refractivity (Wildman–Crippen MR) is 125 cm³/mol. The molecular weight excluding hydrogens is 450 g/mol. The van der Waals surface area contributed by atoms with Gasteiger partial charge in [0.25, 0.3) is 0 Å². The van der Waals surface area contributed by atoms with Gasteiger partial charge in [-0.25, -0.2) is 4.68 Å². The summed E-state index contributed by atoms with van der Waals surface area (Å²) in [7, 11) is 1.57. The summed E-state index contributed by atoms with van der Waals surface area (Å²) in [4.78, 5) is 13.3. The van der Waals surface area contributed by atoms with Crippen LogP contribution in [0.4, 0.5) is 5.69 Å². The first-order chi connectivity index (χ1) is 15.5. The molecule has 0 bridgehead atoms. The maximum atomic E-state index is 13.3. The Morgan fingerprint density at radius 2 is 2.00 bits per heavy atom. The van der Waals surface area contributed by atoms with E-state index in [4.69, 9.17) is 21.1 Å². The zero-order valence-electron chi connectivity index (χ0n) is 18.0. The second kappa shape index (κ2) is 9.70. The molecule has 0 aliphatic carbocycles. The topological polar surface area (TPSA) is 90.3 Å². The summed E-state index contributed by atoms with van der Waals surface area (Å²) in [6, 6.07) is 12.5. The molecule has 2 N–H and O–H groups in total. The number of aryl methyl sites for hydroxylation is 1. The number of hydrogen-bond donors (Lipinski definition) is 2. The summed E-state index contributed by atoms with van der Waals surface area (Å²) in [5.74, 6) is 1.97. The highest BCUT2D eigenvalue weighted by atomic mass is 35.5. The fourth-order valence-corrected chi connectivity index (χ4v) is 4.83. The molecule has 0 radical (unpaired) electrons. The number of carbonyl (C=O) groups excluding carboxylic acids is 1. The van der Waals surface area contributed by atoms with Crippen LogP contribution in [0.5, 0.6) is 11.5 Å². The third-order valence-electron chi connectivity index (χ3n) is 5.05.